The first-order valence-corrected chi connectivity index (χ1v) is 5.69. The summed E-state index contributed by atoms with van der Waals surface area (Å²) in [4.78, 5) is 19.5. The summed E-state index contributed by atoms with van der Waals surface area (Å²) in [5, 5.41) is 0. The summed E-state index contributed by atoms with van der Waals surface area (Å²) in [6.45, 7) is 1.51. The van der Waals surface area contributed by atoms with Crippen LogP contribution in [0, 0.1) is 0 Å². The lowest BCUT2D eigenvalue weighted by Crippen LogP contribution is -1.99. The number of benzene rings is 1. The third-order valence-electron chi connectivity index (χ3n) is 2.76. The number of aromatic nitrogens is 2. The van der Waals surface area contributed by atoms with Gasteiger partial charge in [0.05, 0.1) is 14.2 Å². The van der Waals surface area contributed by atoms with Gasteiger partial charge >= 0.3 is 0 Å². The van der Waals surface area contributed by atoms with Crippen molar-refractivity contribution in [2.24, 2.45) is 0 Å². The third-order valence-corrected chi connectivity index (χ3v) is 2.76. The van der Waals surface area contributed by atoms with Crippen LogP contribution in [0.15, 0.2) is 30.9 Å². The molecule has 19 heavy (non-hydrogen) atoms. The van der Waals surface area contributed by atoms with Gasteiger partial charge in [-0.25, -0.2) is 9.97 Å². The molecule has 2 aromatic rings. The Balaban J connectivity index is 2.70. The highest BCUT2D eigenvalue weighted by Gasteiger charge is 2.16. The van der Waals surface area contributed by atoms with E-state index >= 15 is 0 Å². The SMILES string of the molecule is COc1cc(C(C)=O)cc(-c2cncnc2)c1OC. The van der Waals surface area contributed by atoms with E-state index in [1.165, 1.54) is 20.4 Å². The summed E-state index contributed by atoms with van der Waals surface area (Å²) in [5.41, 5.74) is 2.05. The molecule has 0 unspecified atom stereocenters. The van der Waals surface area contributed by atoms with Gasteiger partial charge in [-0.05, 0) is 19.1 Å². The first-order chi connectivity index (χ1) is 9.17. The van der Waals surface area contributed by atoms with E-state index in [-0.39, 0.29) is 5.78 Å². The molecule has 0 saturated carbocycles. The predicted molar refractivity (Wildman–Crippen MR) is 70.6 cm³/mol. The molecule has 1 aromatic carbocycles. The Morgan fingerprint density at radius 3 is 2.32 bits per heavy atom. The molecule has 5 heteroatoms. The second kappa shape index (κ2) is 5.48. The molecule has 0 N–H and O–H groups in total. The molecule has 0 amide bonds. The smallest absolute Gasteiger partial charge is 0.168 e. The second-order valence-electron chi connectivity index (χ2n) is 3.94. The monoisotopic (exact) mass is 258 g/mol. The van der Waals surface area contributed by atoms with Crippen molar-refractivity contribution in [1.29, 1.82) is 0 Å². The van der Waals surface area contributed by atoms with Gasteiger partial charge in [-0.15, -0.1) is 0 Å². The van der Waals surface area contributed by atoms with Gasteiger partial charge in [0.25, 0.3) is 0 Å². The van der Waals surface area contributed by atoms with Crippen LogP contribution in [0.1, 0.15) is 17.3 Å². The highest BCUT2D eigenvalue weighted by atomic mass is 16.5. The number of rotatable bonds is 4. The number of ketones is 1. The maximum Gasteiger partial charge on any atom is 0.168 e. The summed E-state index contributed by atoms with van der Waals surface area (Å²) < 4.78 is 10.6. The Labute approximate surface area is 111 Å². The van der Waals surface area contributed by atoms with Gasteiger partial charge in [-0.3, -0.25) is 4.79 Å². The zero-order chi connectivity index (χ0) is 13.8. The quantitative estimate of drug-likeness (QED) is 0.788. The average molecular weight is 258 g/mol. The minimum Gasteiger partial charge on any atom is -0.493 e. The van der Waals surface area contributed by atoms with Crippen molar-refractivity contribution in [3.63, 3.8) is 0 Å². The van der Waals surface area contributed by atoms with Gasteiger partial charge in [0, 0.05) is 29.1 Å². The van der Waals surface area contributed by atoms with E-state index < -0.39 is 0 Å². The molecule has 1 heterocycles. The lowest BCUT2D eigenvalue weighted by atomic mass is 10.0. The zero-order valence-electron chi connectivity index (χ0n) is 11.0. The molecule has 0 aliphatic heterocycles. The summed E-state index contributed by atoms with van der Waals surface area (Å²) in [6, 6.07) is 3.41. The van der Waals surface area contributed by atoms with Crippen LogP contribution in [0.25, 0.3) is 11.1 Å². The van der Waals surface area contributed by atoms with Crippen molar-refractivity contribution in [1.82, 2.24) is 9.97 Å². The Kier molecular flexibility index (Phi) is 3.75. The van der Waals surface area contributed by atoms with Gasteiger partial charge < -0.3 is 9.47 Å². The van der Waals surface area contributed by atoms with Gasteiger partial charge in [0.1, 0.15) is 6.33 Å². The number of carbonyl (C=O) groups is 1. The molecular weight excluding hydrogens is 244 g/mol. The number of methoxy groups -OCH3 is 2. The second-order valence-corrected chi connectivity index (χ2v) is 3.94. The Morgan fingerprint density at radius 2 is 1.79 bits per heavy atom. The molecule has 0 fully saturated rings. The van der Waals surface area contributed by atoms with Crippen molar-refractivity contribution in [2.45, 2.75) is 6.92 Å². The molecule has 2 rings (SSSR count). The first-order valence-electron chi connectivity index (χ1n) is 5.69. The highest BCUT2D eigenvalue weighted by Crippen LogP contribution is 2.38. The fraction of sp³-hybridized carbons (Fsp3) is 0.214. The fourth-order valence-corrected chi connectivity index (χ4v) is 1.82. The standard InChI is InChI=1S/C14H14N2O3/c1-9(17)10-4-12(11-6-15-8-16-7-11)14(19-3)13(5-10)18-2/h4-8H,1-3H3. The maximum absolute atomic E-state index is 11.6. The largest absolute Gasteiger partial charge is 0.493 e. The van der Waals surface area contributed by atoms with E-state index in [0.29, 0.717) is 17.1 Å². The maximum atomic E-state index is 11.6. The van der Waals surface area contributed by atoms with Crippen molar-refractivity contribution >= 4 is 5.78 Å². The number of hydrogen-bond donors (Lipinski definition) is 0. The molecule has 0 aliphatic carbocycles. The van der Waals surface area contributed by atoms with Crippen LogP contribution in [-0.2, 0) is 0 Å². The van der Waals surface area contributed by atoms with Crippen LogP contribution < -0.4 is 9.47 Å². The van der Waals surface area contributed by atoms with E-state index in [0.717, 1.165) is 11.1 Å². The molecule has 1 aromatic heterocycles. The summed E-state index contributed by atoms with van der Waals surface area (Å²) >= 11 is 0. The normalized spacial score (nSPS) is 10.1. The predicted octanol–water partition coefficient (Wildman–Crippen LogP) is 2.36. The van der Waals surface area contributed by atoms with Gasteiger partial charge in [0.15, 0.2) is 17.3 Å². The lowest BCUT2D eigenvalue weighted by molar-refractivity contribution is 0.101. The van der Waals surface area contributed by atoms with Crippen molar-refractivity contribution in [2.75, 3.05) is 14.2 Å². The van der Waals surface area contributed by atoms with E-state index in [9.17, 15) is 4.79 Å². The topological polar surface area (TPSA) is 61.3 Å². The molecular formula is C14H14N2O3. The molecule has 0 spiro atoms. The van der Waals surface area contributed by atoms with Crippen LogP contribution in [-0.4, -0.2) is 30.0 Å². The Hall–Kier alpha value is -2.43. The minimum atomic E-state index is -0.0425. The van der Waals surface area contributed by atoms with E-state index in [4.69, 9.17) is 9.47 Å². The Bertz CT molecular complexity index is 597. The number of ether oxygens (including phenoxy) is 2. The molecule has 0 aliphatic rings. The van der Waals surface area contributed by atoms with Crippen LogP contribution >= 0.6 is 0 Å². The molecule has 0 radical (unpaired) electrons. The van der Waals surface area contributed by atoms with Crippen LogP contribution in [0.4, 0.5) is 0 Å². The summed E-state index contributed by atoms with van der Waals surface area (Å²) in [7, 11) is 3.09. The molecule has 0 atom stereocenters. The zero-order valence-corrected chi connectivity index (χ0v) is 11.0. The fourth-order valence-electron chi connectivity index (χ4n) is 1.82. The molecule has 5 nitrogen and oxygen atoms in total. The molecule has 98 valence electrons. The van der Waals surface area contributed by atoms with E-state index in [1.807, 2.05) is 0 Å². The molecule has 0 bridgehead atoms. The van der Waals surface area contributed by atoms with Crippen molar-refractivity contribution < 1.29 is 14.3 Å². The van der Waals surface area contributed by atoms with Crippen LogP contribution in [0.5, 0.6) is 11.5 Å². The number of nitrogens with zero attached hydrogens (tertiary/aromatic N) is 2. The summed E-state index contributed by atoms with van der Waals surface area (Å²) in [6.07, 6.45) is 4.77. The van der Waals surface area contributed by atoms with Gasteiger partial charge in [-0.2, -0.15) is 0 Å². The van der Waals surface area contributed by atoms with Crippen LogP contribution in [0.2, 0.25) is 0 Å². The summed E-state index contributed by atoms with van der Waals surface area (Å²) in [5.74, 6) is 1.02. The van der Waals surface area contributed by atoms with Crippen LogP contribution in [0.3, 0.4) is 0 Å². The minimum absolute atomic E-state index is 0.0425. The average Bonchev–Trinajstić information content (AvgIpc) is 2.46. The number of hydrogen-bond acceptors (Lipinski definition) is 5. The number of Topliss-reactive ketones (excluding diaryl/α,β-unsaturated/α-hetero) is 1. The van der Waals surface area contributed by atoms with E-state index in [1.54, 1.807) is 31.6 Å². The van der Waals surface area contributed by atoms with Crippen molar-refractivity contribution in [3.05, 3.63) is 36.4 Å². The lowest BCUT2D eigenvalue weighted by Gasteiger charge is -2.14. The Morgan fingerprint density at radius 1 is 1.11 bits per heavy atom. The first kappa shape index (κ1) is 13.0. The van der Waals surface area contributed by atoms with Crippen molar-refractivity contribution in [3.8, 4) is 22.6 Å². The van der Waals surface area contributed by atoms with E-state index in [2.05, 4.69) is 9.97 Å². The highest BCUT2D eigenvalue weighted by molar-refractivity contribution is 5.97. The van der Waals surface area contributed by atoms with Gasteiger partial charge in [0.2, 0.25) is 0 Å². The molecule has 0 saturated heterocycles. The third kappa shape index (κ3) is 2.54. The number of carbonyl (C=O) groups excluding carboxylic acids is 1. The van der Waals surface area contributed by atoms with Gasteiger partial charge in [-0.1, -0.05) is 0 Å².